The van der Waals surface area contributed by atoms with E-state index in [2.05, 4.69) is 70.5 Å². The van der Waals surface area contributed by atoms with Crippen LogP contribution in [0, 0.1) is 5.41 Å². The second kappa shape index (κ2) is 11.1. The molecular weight excluding hydrogens is 484 g/mol. The van der Waals surface area contributed by atoms with E-state index < -0.39 is 5.97 Å². The fourth-order valence-electron chi connectivity index (χ4n) is 7.72. The molecule has 204 valence electrons. The van der Waals surface area contributed by atoms with Gasteiger partial charge in [-0.3, -0.25) is 9.69 Å². The molecule has 3 aromatic carbocycles. The van der Waals surface area contributed by atoms with Crippen LogP contribution in [0.1, 0.15) is 72.6 Å². The first-order valence-electron chi connectivity index (χ1n) is 14.7. The summed E-state index contributed by atoms with van der Waals surface area (Å²) in [5, 5.41) is 19.3. The van der Waals surface area contributed by atoms with Crippen LogP contribution in [0.2, 0.25) is 0 Å². The summed E-state index contributed by atoms with van der Waals surface area (Å²) >= 11 is 0. The molecule has 2 aliphatic heterocycles. The second-order valence-electron chi connectivity index (χ2n) is 12.1. The third kappa shape index (κ3) is 5.56. The van der Waals surface area contributed by atoms with E-state index in [0.717, 1.165) is 58.3 Å². The summed E-state index contributed by atoms with van der Waals surface area (Å²) in [4.78, 5) is 15.9. The van der Waals surface area contributed by atoms with Crippen LogP contribution < -0.4 is 4.90 Å². The Hall–Kier alpha value is -3.31. The number of carboxylic acids is 1. The Labute approximate surface area is 232 Å². The number of nitrogens with zero attached hydrogens (tertiary/aromatic N) is 2. The summed E-state index contributed by atoms with van der Waals surface area (Å²) < 4.78 is 0. The van der Waals surface area contributed by atoms with Gasteiger partial charge in [0.2, 0.25) is 0 Å². The number of rotatable bonds is 5. The highest BCUT2D eigenvalue weighted by Crippen LogP contribution is 2.47. The van der Waals surface area contributed by atoms with Crippen molar-refractivity contribution in [2.24, 2.45) is 5.41 Å². The van der Waals surface area contributed by atoms with E-state index in [4.69, 9.17) is 0 Å². The highest BCUT2D eigenvalue weighted by Gasteiger charge is 2.38. The molecule has 1 spiro atoms. The Morgan fingerprint density at radius 1 is 0.872 bits per heavy atom. The molecule has 0 saturated carbocycles. The highest BCUT2D eigenvalue weighted by molar-refractivity contribution is 5.69. The van der Waals surface area contributed by atoms with E-state index in [9.17, 15) is 15.0 Å². The molecule has 2 atom stereocenters. The molecule has 5 nitrogen and oxygen atoms in total. The van der Waals surface area contributed by atoms with E-state index in [1.807, 2.05) is 12.1 Å². The van der Waals surface area contributed by atoms with Crippen molar-refractivity contribution in [1.82, 2.24) is 4.90 Å². The van der Waals surface area contributed by atoms with Gasteiger partial charge in [-0.25, -0.2) is 0 Å². The van der Waals surface area contributed by atoms with E-state index in [1.165, 1.54) is 40.8 Å². The molecule has 0 bridgehead atoms. The number of carboxylic acid groups (broad SMARTS) is 1. The molecule has 2 N–H and O–H groups in total. The number of carbonyl (C=O) groups is 1. The third-order valence-corrected chi connectivity index (χ3v) is 9.58. The van der Waals surface area contributed by atoms with Crippen molar-refractivity contribution in [3.63, 3.8) is 0 Å². The first-order chi connectivity index (χ1) is 19.0. The molecule has 5 heteroatoms. The maximum absolute atomic E-state index is 11.2. The Morgan fingerprint density at radius 2 is 1.62 bits per heavy atom. The number of hydrogen-bond acceptors (Lipinski definition) is 4. The molecular formula is C34H40N2O3. The first kappa shape index (κ1) is 25.9. The van der Waals surface area contributed by atoms with Crippen LogP contribution in [0.5, 0.6) is 5.75 Å². The molecule has 2 fully saturated rings. The summed E-state index contributed by atoms with van der Waals surface area (Å²) in [6, 6.07) is 26.1. The molecule has 0 amide bonds. The van der Waals surface area contributed by atoms with Crippen molar-refractivity contribution >= 4 is 11.7 Å². The maximum Gasteiger partial charge on any atom is 0.317 e. The lowest BCUT2D eigenvalue weighted by atomic mass is 9.69. The van der Waals surface area contributed by atoms with Gasteiger partial charge in [-0.2, -0.15) is 0 Å². The molecule has 1 aliphatic carbocycles. The van der Waals surface area contributed by atoms with Gasteiger partial charge < -0.3 is 15.1 Å². The van der Waals surface area contributed by atoms with Crippen molar-refractivity contribution in [1.29, 1.82) is 0 Å². The smallest absolute Gasteiger partial charge is 0.317 e. The van der Waals surface area contributed by atoms with Gasteiger partial charge >= 0.3 is 5.97 Å². The summed E-state index contributed by atoms with van der Waals surface area (Å²) in [5.41, 5.74) is 6.94. The summed E-state index contributed by atoms with van der Waals surface area (Å²) in [6.45, 7) is 4.15. The van der Waals surface area contributed by atoms with Gasteiger partial charge in [-0.1, -0.05) is 48.5 Å². The van der Waals surface area contributed by atoms with E-state index in [1.54, 1.807) is 0 Å². The SMILES string of the molecule is O=C(O)CN1CCC2(CCCN(c3ccc([C@@H]4c5ccc(O)cc5CC[C@@H]4c4ccccc4)cc3)CCC2)C1. The lowest BCUT2D eigenvalue weighted by Gasteiger charge is -2.36. The van der Waals surface area contributed by atoms with E-state index in [-0.39, 0.29) is 12.5 Å². The number of likely N-dealkylation sites (tertiary alicyclic amines) is 1. The van der Waals surface area contributed by atoms with Crippen molar-refractivity contribution in [2.45, 2.75) is 56.8 Å². The average molecular weight is 525 g/mol. The molecule has 0 radical (unpaired) electrons. The van der Waals surface area contributed by atoms with Gasteiger partial charge in [0.1, 0.15) is 5.75 Å². The Kier molecular flexibility index (Phi) is 7.35. The second-order valence-corrected chi connectivity index (χ2v) is 12.1. The van der Waals surface area contributed by atoms with Crippen LogP contribution in [0.25, 0.3) is 0 Å². The van der Waals surface area contributed by atoms with Crippen molar-refractivity contribution in [2.75, 3.05) is 37.6 Å². The number of hydrogen-bond donors (Lipinski definition) is 2. The number of phenolic OH excluding ortho intramolecular Hbond substituents is 1. The summed E-state index contributed by atoms with van der Waals surface area (Å²) in [5.74, 6) is 0.331. The molecule has 2 saturated heterocycles. The fraction of sp³-hybridized carbons (Fsp3) is 0.441. The highest BCUT2D eigenvalue weighted by atomic mass is 16.4. The fourth-order valence-corrected chi connectivity index (χ4v) is 7.72. The van der Waals surface area contributed by atoms with Gasteiger partial charge in [0.05, 0.1) is 6.54 Å². The number of aryl methyl sites for hydroxylation is 1. The molecule has 0 aromatic heterocycles. The predicted molar refractivity (Wildman–Crippen MR) is 156 cm³/mol. The third-order valence-electron chi connectivity index (χ3n) is 9.58. The van der Waals surface area contributed by atoms with Gasteiger partial charge in [-0.15, -0.1) is 0 Å². The molecule has 39 heavy (non-hydrogen) atoms. The minimum atomic E-state index is -0.711. The molecule has 0 unspecified atom stereocenters. The van der Waals surface area contributed by atoms with Crippen LogP contribution in [-0.4, -0.2) is 53.8 Å². The summed E-state index contributed by atoms with van der Waals surface area (Å²) in [6.07, 6.45) is 7.87. The van der Waals surface area contributed by atoms with E-state index in [0.29, 0.717) is 17.1 Å². The van der Waals surface area contributed by atoms with Crippen LogP contribution >= 0.6 is 0 Å². The predicted octanol–water partition coefficient (Wildman–Crippen LogP) is 6.41. The minimum absolute atomic E-state index is 0.179. The zero-order valence-electron chi connectivity index (χ0n) is 22.8. The van der Waals surface area contributed by atoms with E-state index >= 15 is 0 Å². The number of aromatic hydroxyl groups is 1. The minimum Gasteiger partial charge on any atom is -0.508 e. The van der Waals surface area contributed by atoms with Crippen molar-refractivity contribution < 1.29 is 15.0 Å². The number of benzene rings is 3. The zero-order valence-corrected chi connectivity index (χ0v) is 22.8. The van der Waals surface area contributed by atoms with Crippen molar-refractivity contribution in [3.05, 3.63) is 95.1 Å². The number of aliphatic carboxylic acids is 1. The average Bonchev–Trinajstić information content (AvgIpc) is 3.33. The van der Waals surface area contributed by atoms with Gasteiger partial charge in [0, 0.05) is 31.2 Å². The number of phenols is 1. The largest absolute Gasteiger partial charge is 0.508 e. The lowest BCUT2D eigenvalue weighted by Crippen LogP contribution is -2.35. The van der Waals surface area contributed by atoms with Gasteiger partial charge in [-0.05, 0) is 109 Å². The Bertz CT molecular complexity index is 1280. The Balaban J connectivity index is 1.18. The monoisotopic (exact) mass is 524 g/mol. The summed E-state index contributed by atoms with van der Waals surface area (Å²) in [7, 11) is 0. The topological polar surface area (TPSA) is 64.0 Å². The van der Waals surface area contributed by atoms with Crippen LogP contribution in [0.3, 0.4) is 0 Å². The van der Waals surface area contributed by atoms with Crippen LogP contribution in [0.15, 0.2) is 72.8 Å². The lowest BCUT2D eigenvalue weighted by molar-refractivity contribution is -0.138. The molecule has 6 rings (SSSR count). The normalized spacial score (nSPS) is 23.2. The molecule has 3 aliphatic rings. The number of fused-ring (bicyclic) bond motifs is 1. The zero-order chi connectivity index (χ0) is 26.8. The van der Waals surface area contributed by atoms with Gasteiger partial charge in [0.25, 0.3) is 0 Å². The standard InChI is InChI=1S/C34H40N2O3/c37-29-13-15-31-27(22-29)10-14-30(25-6-2-1-3-7-25)33(31)26-8-11-28(12-9-26)36-19-4-16-34(17-5-20-36)18-21-35(24-34)23-32(38)39/h1-3,6-9,11-13,15,22,30,33,37H,4-5,10,14,16-21,23-24H2,(H,38,39)/t30-,33+/m1/s1. The quantitative estimate of drug-likeness (QED) is 0.404. The van der Waals surface area contributed by atoms with Crippen LogP contribution in [0.4, 0.5) is 5.69 Å². The van der Waals surface area contributed by atoms with Crippen molar-refractivity contribution in [3.8, 4) is 5.75 Å². The van der Waals surface area contributed by atoms with Crippen LogP contribution in [-0.2, 0) is 11.2 Å². The number of anilines is 1. The molecule has 3 aromatic rings. The van der Waals surface area contributed by atoms with Gasteiger partial charge in [0.15, 0.2) is 0 Å². The Morgan fingerprint density at radius 3 is 2.33 bits per heavy atom. The maximum atomic E-state index is 11.2. The first-order valence-corrected chi connectivity index (χ1v) is 14.7. The molecule has 2 heterocycles.